The van der Waals surface area contributed by atoms with E-state index in [2.05, 4.69) is 15.6 Å². The second kappa shape index (κ2) is 11.5. The molecular formula is C21H25N3O4. The Morgan fingerprint density at radius 1 is 0.893 bits per heavy atom. The van der Waals surface area contributed by atoms with Crippen LogP contribution < -0.4 is 15.4 Å². The first-order valence-corrected chi connectivity index (χ1v) is 9.27. The highest BCUT2D eigenvalue weighted by Gasteiger charge is 2.10. The third-order valence-corrected chi connectivity index (χ3v) is 3.98. The summed E-state index contributed by atoms with van der Waals surface area (Å²) in [4.78, 5) is 39.7. The number of ether oxygens (including phenoxy) is 1. The molecule has 0 aliphatic rings. The fourth-order valence-electron chi connectivity index (χ4n) is 2.47. The summed E-state index contributed by atoms with van der Waals surface area (Å²) < 4.78 is 5.33. The molecule has 2 aromatic rings. The Hall–Kier alpha value is -3.22. The lowest BCUT2D eigenvalue weighted by Crippen LogP contribution is -2.30. The molecule has 2 rings (SSSR count). The zero-order valence-electron chi connectivity index (χ0n) is 15.9. The molecule has 0 saturated carbocycles. The van der Waals surface area contributed by atoms with Crippen molar-refractivity contribution < 1.29 is 19.1 Å². The average molecular weight is 383 g/mol. The van der Waals surface area contributed by atoms with Crippen molar-refractivity contribution in [1.82, 2.24) is 15.6 Å². The van der Waals surface area contributed by atoms with Crippen molar-refractivity contribution in [1.29, 1.82) is 0 Å². The molecule has 0 fully saturated rings. The van der Waals surface area contributed by atoms with Crippen LogP contribution in [0.4, 0.5) is 0 Å². The van der Waals surface area contributed by atoms with Gasteiger partial charge >= 0.3 is 0 Å². The van der Waals surface area contributed by atoms with E-state index in [4.69, 9.17) is 4.74 Å². The van der Waals surface area contributed by atoms with Crippen LogP contribution >= 0.6 is 0 Å². The Bertz CT molecular complexity index is 776. The summed E-state index contributed by atoms with van der Waals surface area (Å²) in [5.41, 5.74) is 1.51. The number of carbonyl (C=O) groups is 3. The highest BCUT2D eigenvalue weighted by atomic mass is 16.5. The molecule has 2 amide bonds. The van der Waals surface area contributed by atoms with Gasteiger partial charge in [-0.1, -0.05) is 0 Å². The Balaban J connectivity index is 1.61. The molecule has 0 unspecified atom stereocenters. The maximum atomic E-state index is 12.1. The third-order valence-electron chi connectivity index (χ3n) is 3.98. The van der Waals surface area contributed by atoms with E-state index in [0.717, 1.165) is 5.56 Å². The first-order chi connectivity index (χ1) is 13.6. The Kier molecular flexibility index (Phi) is 8.65. The maximum absolute atomic E-state index is 12.1. The molecule has 0 saturated heterocycles. The van der Waals surface area contributed by atoms with Crippen LogP contribution in [0.25, 0.3) is 0 Å². The summed E-state index contributed by atoms with van der Waals surface area (Å²) in [6.07, 6.45) is 3.72. The van der Waals surface area contributed by atoms with Gasteiger partial charge in [-0.15, -0.1) is 0 Å². The summed E-state index contributed by atoms with van der Waals surface area (Å²) in [5.74, 6) is 0.205. The van der Waals surface area contributed by atoms with Crippen LogP contribution in [-0.2, 0) is 16.1 Å². The molecule has 0 radical (unpaired) electrons. The fourth-order valence-corrected chi connectivity index (χ4v) is 2.47. The predicted molar refractivity (Wildman–Crippen MR) is 105 cm³/mol. The zero-order chi connectivity index (χ0) is 20.2. The molecule has 1 heterocycles. The minimum absolute atomic E-state index is 0.0880. The zero-order valence-corrected chi connectivity index (χ0v) is 15.9. The molecular weight excluding hydrogens is 358 g/mol. The molecule has 0 aliphatic carbocycles. The van der Waals surface area contributed by atoms with Gasteiger partial charge in [-0.05, 0) is 48.9 Å². The topological polar surface area (TPSA) is 97.4 Å². The van der Waals surface area contributed by atoms with E-state index in [1.165, 1.54) is 0 Å². The number of rotatable bonds is 11. The minimum atomic E-state index is -0.249. The highest BCUT2D eigenvalue weighted by molar-refractivity contribution is 5.98. The molecule has 2 N–H and O–H groups in total. The number of amides is 2. The molecule has 1 aromatic carbocycles. The maximum Gasteiger partial charge on any atom is 0.222 e. The van der Waals surface area contributed by atoms with Crippen LogP contribution in [0.2, 0.25) is 0 Å². The number of nitrogens with zero attached hydrogens (tertiary/aromatic N) is 1. The molecule has 1 aromatic heterocycles. The van der Waals surface area contributed by atoms with Gasteiger partial charge in [-0.25, -0.2) is 0 Å². The van der Waals surface area contributed by atoms with Crippen molar-refractivity contribution in [3.63, 3.8) is 0 Å². The van der Waals surface area contributed by atoms with Crippen LogP contribution in [0.5, 0.6) is 5.75 Å². The Labute approximate surface area is 164 Å². The molecule has 0 aliphatic heterocycles. The van der Waals surface area contributed by atoms with Gasteiger partial charge in [0.05, 0.1) is 6.61 Å². The fraction of sp³-hybridized carbons (Fsp3) is 0.333. The van der Waals surface area contributed by atoms with Gasteiger partial charge in [0.25, 0.3) is 0 Å². The molecule has 0 bridgehead atoms. The van der Waals surface area contributed by atoms with Gasteiger partial charge in [-0.3, -0.25) is 19.4 Å². The number of hydrogen-bond acceptors (Lipinski definition) is 5. The van der Waals surface area contributed by atoms with Crippen LogP contribution in [0.1, 0.15) is 42.1 Å². The van der Waals surface area contributed by atoms with Gasteiger partial charge < -0.3 is 15.4 Å². The van der Waals surface area contributed by atoms with E-state index < -0.39 is 0 Å². The number of ketones is 1. The average Bonchev–Trinajstić information content (AvgIpc) is 2.72. The molecule has 0 spiro atoms. The van der Waals surface area contributed by atoms with E-state index >= 15 is 0 Å². The quantitative estimate of drug-likeness (QED) is 0.580. The summed E-state index contributed by atoms with van der Waals surface area (Å²) in [6.45, 7) is 3.11. The number of nitrogens with one attached hydrogen (secondary N) is 2. The SMILES string of the molecule is CCOc1ccc(C(=O)CCC(=O)NCCC(=O)NCc2ccncc2)cc1. The van der Waals surface area contributed by atoms with Gasteiger partial charge in [0.15, 0.2) is 5.78 Å². The summed E-state index contributed by atoms with van der Waals surface area (Å²) in [7, 11) is 0. The van der Waals surface area contributed by atoms with E-state index in [-0.39, 0.29) is 43.4 Å². The van der Waals surface area contributed by atoms with Gasteiger partial charge in [0.1, 0.15) is 5.75 Å². The number of Topliss-reactive ketones (excluding diaryl/α,β-unsaturated/α-hetero) is 1. The van der Waals surface area contributed by atoms with Crippen LogP contribution in [0.3, 0.4) is 0 Å². The first-order valence-electron chi connectivity index (χ1n) is 9.27. The van der Waals surface area contributed by atoms with Crippen molar-refractivity contribution in [3.8, 4) is 5.75 Å². The van der Waals surface area contributed by atoms with Gasteiger partial charge in [0.2, 0.25) is 11.8 Å². The lowest BCUT2D eigenvalue weighted by Gasteiger charge is -2.07. The first kappa shape index (κ1) is 21.1. The summed E-state index contributed by atoms with van der Waals surface area (Å²) in [6, 6.07) is 10.5. The number of hydrogen-bond donors (Lipinski definition) is 2. The number of benzene rings is 1. The number of carbonyl (C=O) groups excluding carboxylic acids is 3. The standard InChI is InChI=1S/C21H25N3O4/c1-2-28-18-5-3-17(4-6-18)19(25)7-8-20(26)23-14-11-21(27)24-15-16-9-12-22-13-10-16/h3-6,9-10,12-13H,2,7-8,11,14-15H2,1H3,(H,23,26)(H,24,27). The van der Waals surface area contributed by atoms with E-state index in [9.17, 15) is 14.4 Å². The van der Waals surface area contributed by atoms with Crippen molar-refractivity contribution in [2.24, 2.45) is 0 Å². The van der Waals surface area contributed by atoms with E-state index in [0.29, 0.717) is 24.5 Å². The largest absolute Gasteiger partial charge is 0.494 e. The van der Waals surface area contributed by atoms with Crippen LogP contribution in [0.15, 0.2) is 48.8 Å². The second-order valence-electron chi connectivity index (χ2n) is 6.11. The van der Waals surface area contributed by atoms with Gasteiger partial charge in [0, 0.05) is 50.3 Å². The molecule has 148 valence electrons. The molecule has 0 atom stereocenters. The lowest BCUT2D eigenvalue weighted by molar-refractivity contribution is -0.122. The normalized spacial score (nSPS) is 10.2. The Morgan fingerprint density at radius 3 is 2.25 bits per heavy atom. The molecule has 7 nitrogen and oxygen atoms in total. The van der Waals surface area contributed by atoms with Crippen LogP contribution in [0, 0.1) is 0 Å². The van der Waals surface area contributed by atoms with Crippen molar-refractivity contribution in [3.05, 3.63) is 59.9 Å². The van der Waals surface area contributed by atoms with Crippen molar-refractivity contribution in [2.75, 3.05) is 13.2 Å². The lowest BCUT2D eigenvalue weighted by atomic mass is 10.1. The minimum Gasteiger partial charge on any atom is -0.494 e. The summed E-state index contributed by atoms with van der Waals surface area (Å²) in [5, 5.41) is 5.44. The Morgan fingerprint density at radius 2 is 1.57 bits per heavy atom. The molecule has 28 heavy (non-hydrogen) atoms. The molecule has 7 heteroatoms. The predicted octanol–water partition coefficient (Wildman–Crippen LogP) is 2.27. The van der Waals surface area contributed by atoms with Crippen molar-refractivity contribution >= 4 is 17.6 Å². The third kappa shape index (κ3) is 7.57. The highest BCUT2D eigenvalue weighted by Crippen LogP contribution is 2.14. The van der Waals surface area contributed by atoms with Crippen LogP contribution in [-0.4, -0.2) is 35.7 Å². The number of pyridine rings is 1. The monoisotopic (exact) mass is 383 g/mol. The van der Waals surface area contributed by atoms with Crippen molar-refractivity contribution in [2.45, 2.75) is 32.7 Å². The van der Waals surface area contributed by atoms with E-state index in [1.54, 1.807) is 36.7 Å². The summed E-state index contributed by atoms with van der Waals surface area (Å²) >= 11 is 0. The van der Waals surface area contributed by atoms with Gasteiger partial charge in [-0.2, -0.15) is 0 Å². The smallest absolute Gasteiger partial charge is 0.222 e. The number of aromatic nitrogens is 1. The van der Waals surface area contributed by atoms with E-state index in [1.807, 2.05) is 19.1 Å². The second-order valence-corrected chi connectivity index (χ2v) is 6.11.